The fourth-order valence-corrected chi connectivity index (χ4v) is 1.87. The summed E-state index contributed by atoms with van der Waals surface area (Å²) in [5, 5.41) is 2.74. The lowest BCUT2D eigenvalue weighted by molar-refractivity contribution is -0.116. The number of nitrogens with one attached hydrogen (secondary N) is 1. The van der Waals surface area contributed by atoms with Crippen LogP contribution in [0.25, 0.3) is 11.0 Å². The molecule has 2 aromatic rings. The molecule has 0 saturated carbocycles. The molecule has 1 amide bonds. The van der Waals surface area contributed by atoms with Crippen LogP contribution < -0.4 is 11.1 Å². The van der Waals surface area contributed by atoms with Gasteiger partial charge in [0.25, 0.3) is 0 Å². The van der Waals surface area contributed by atoms with Crippen LogP contribution in [0.2, 0.25) is 0 Å². The van der Waals surface area contributed by atoms with Crippen LogP contribution in [0, 0.1) is 0 Å². The number of carbonyl (C=O) groups excluding carboxylic acids is 1. The maximum atomic E-state index is 11.2. The minimum absolute atomic E-state index is 0.0192. The van der Waals surface area contributed by atoms with E-state index in [-0.39, 0.29) is 5.91 Å². The first-order chi connectivity index (χ1) is 7.24. The lowest BCUT2D eigenvalue weighted by Gasteiger charge is -2.14. The monoisotopic (exact) mass is 202 g/mol. The quantitative estimate of drug-likeness (QED) is 0.625. The third-order valence-electron chi connectivity index (χ3n) is 2.59. The first-order valence-corrected chi connectivity index (χ1v) is 4.80. The molecule has 1 aliphatic heterocycles. The fourth-order valence-electron chi connectivity index (χ4n) is 1.87. The number of fused-ring (bicyclic) bond motifs is 3. The number of anilines is 2. The molecule has 0 saturated heterocycles. The highest BCUT2D eigenvalue weighted by molar-refractivity contribution is 5.93. The Hall–Kier alpha value is -2.04. The normalized spacial score (nSPS) is 15.1. The third kappa shape index (κ3) is 1.16. The highest BCUT2D eigenvalue weighted by Gasteiger charge is 2.18. The number of nitrogen functional groups attached to an aromatic ring is 1. The van der Waals surface area contributed by atoms with Gasteiger partial charge in [-0.3, -0.25) is 10.1 Å². The van der Waals surface area contributed by atoms with Crippen LogP contribution in [0.1, 0.15) is 6.42 Å². The van der Waals surface area contributed by atoms with Gasteiger partial charge in [0.05, 0.1) is 11.0 Å². The van der Waals surface area contributed by atoms with E-state index in [0.717, 1.165) is 11.0 Å². The Kier molecular flexibility index (Phi) is 1.50. The number of nitrogens with two attached hydrogens (primary N) is 1. The van der Waals surface area contributed by atoms with Crippen molar-refractivity contribution in [3.63, 3.8) is 0 Å². The van der Waals surface area contributed by atoms with E-state index in [4.69, 9.17) is 5.73 Å². The highest BCUT2D eigenvalue weighted by atomic mass is 16.1. The average Bonchev–Trinajstić information content (AvgIpc) is 2.53. The first kappa shape index (κ1) is 8.28. The predicted octanol–water partition coefficient (Wildman–Crippen LogP) is 0.961. The maximum absolute atomic E-state index is 11.2. The molecule has 0 radical (unpaired) electrons. The molecular weight excluding hydrogens is 192 g/mol. The lowest BCUT2D eigenvalue weighted by Crippen LogP contribution is -2.23. The van der Waals surface area contributed by atoms with Crippen molar-refractivity contribution in [3.8, 4) is 0 Å². The van der Waals surface area contributed by atoms with Crippen molar-refractivity contribution in [2.75, 3.05) is 11.1 Å². The summed E-state index contributed by atoms with van der Waals surface area (Å²) in [7, 11) is 0. The molecule has 2 heterocycles. The molecule has 0 unspecified atom stereocenters. The van der Waals surface area contributed by atoms with Crippen LogP contribution in [-0.4, -0.2) is 15.5 Å². The minimum atomic E-state index is 0.0192. The minimum Gasteiger partial charge on any atom is -0.399 e. The average molecular weight is 202 g/mol. The smallest absolute Gasteiger partial charge is 0.228 e. The van der Waals surface area contributed by atoms with Crippen LogP contribution in [0.3, 0.4) is 0 Å². The van der Waals surface area contributed by atoms with E-state index in [1.54, 1.807) is 0 Å². The number of aromatic nitrogens is 2. The highest BCUT2D eigenvalue weighted by Crippen LogP contribution is 2.24. The molecule has 0 aliphatic carbocycles. The van der Waals surface area contributed by atoms with Gasteiger partial charge >= 0.3 is 0 Å². The van der Waals surface area contributed by atoms with Crippen molar-refractivity contribution in [2.45, 2.75) is 13.0 Å². The molecule has 0 fully saturated rings. The summed E-state index contributed by atoms with van der Waals surface area (Å²) >= 11 is 0. The van der Waals surface area contributed by atoms with Gasteiger partial charge in [-0.2, -0.15) is 0 Å². The summed E-state index contributed by atoms with van der Waals surface area (Å²) < 4.78 is 2.00. The van der Waals surface area contributed by atoms with Crippen molar-refractivity contribution in [3.05, 3.63) is 18.2 Å². The summed E-state index contributed by atoms with van der Waals surface area (Å²) in [5.41, 5.74) is 8.20. The predicted molar refractivity (Wildman–Crippen MR) is 57.4 cm³/mol. The van der Waals surface area contributed by atoms with Crippen molar-refractivity contribution in [2.24, 2.45) is 0 Å². The van der Waals surface area contributed by atoms with Gasteiger partial charge in [-0.25, -0.2) is 4.98 Å². The Balaban J connectivity index is 2.27. The van der Waals surface area contributed by atoms with E-state index in [0.29, 0.717) is 24.6 Å². The van der Waals surface area contributed by atoms with Gasteiger partial charge in [0.1, 0.15) is 0 Å². The van der Waals surface area contributed by atoms with Gasteiger partial charge in [-0.15, -0.1) is 0 Å². The van der Waals surface area contributed by atoms with E-state index in [2.05, 4.69) is 10.3 Å². The molecule has 0 spiro atoms. The summed E-state index contributed by atoms with van der Waals surface area (Å²) in [4.78, 5) is 15.5. The van der Waals surface area contributed by atoms with Crippen LogP contribution in [0.4, 0.5) is 11.6 Å². The zero-order chi connectivity index (χ0) is 10.4. The molecular formula is C10H10N4O. The Morgan fingerprint density at radius 3 is 3.20 bits per heavy atom. The molecule has 15 heavy (non-hydrogen) atoms. The number of carbonyl (C=O) groups is 1. The number of aryl methyl sites for hydroxylation is 1. The molecule has 76 valence electrons. The second-order valence-electron chi connectivity index (χ2n) is 3.63. The van der Waals surface area contributed by atoms with Crippen molar-refractivity contribution in [1.29, 1.82) is 0 Å². The van der Waals surface area contributed by atoms with Crippen molar-refractivity contribution >= 4 is 28.6 Å². The van der Waals surface area contributed by atoms with Crippen LogP contribution in [0.15, 0.2) is 18.2 Å². The van der Waals surface area contributed by atoms with Gasteiger partial charge < -0.3 is 10.3 Å². The second-order valence-corrected chi connectivity index (χ2v) is 3.63. The first-order valence-electron chi connectivity index (χ1n) is 4.80. The largest absolute Gasteiger partial charge is 0.399 e. The Labute approximate surface area is 85.9 Å². The van der Waals surface area contributed by atoms with E-state index >= 15 is 0 Å². The topological polar surface area (TPSA) is 72.9 Å². The van der Waals surface area contributed by atoms with Gasteiger partial charge in [0.2, 0.25) is 11.9 Å². The third-order valence-corrected chi connectivity index (χ3v) is 2.59. The van der Waals surface area contributed by atoms with Crippen LogP contribution in [0.5, 0.6) is 0 Å². The van der Waals surface area contributed by atoms with E-state index in [9.17, 15) is 4.79 Å². The zero-order valence-corrected chi connectivity index (χ0v) is 8.03. The van der Waals surface area contributed by atoms with Gasteiger partial charge in [-0.05, 0) is 18.2 Å². The number of hydrogen-bond acceptors (Lipinski definition) is 3. The van der Waals surface area contributed by atoms with E-state index in [1.807, 2.05) is 22.8 Å². The summed E-state index contributed by atoms with van der Waals surface area (Å²) in [6.07, 6.45) is 0.503. The Morgan fingerprint density at radius 1 is 1.47 bits per heavy atom. The van der Waals surface area contributed by atoms with Gasteiger partial charge in [-0.1, -0.05) is 0 Å². The Morgan fingerprint density at radius 2 is 2.33 bits per heavy atom. The van der Waals surface area contributed by atoms with E-state index < -0.39 is 0 Å². The lowest BCUT2D eigenvalue weighted by atomic mass is 10.2. The number of hydrogen-bond donors (Lipinski definition) is 2. The molecule has 0 atom stereocenters. The molecule has 5 heteroatoms. The summed E-state index contributed by atoms with van der Waals surface area (Å²) in [5.74, 6) is 0.637. The fraction of sp³-hybridized carbons (Fsp3) is 0.200. The molecule has 1 aliphatic rings. The molecule has 1 aromatic heterocycles. The molecule has 0 bridgehead atoms. The summed E-state index contributed by atoms with van der Waals surface area (Å²) in [6.45, 7) is 0.682. The molecule has 3 rings (SSSR count). The second kappa shape index (κ2) is 2.73. The SMILES string of the molecule is Nc1ccc2c(c1)nc1n2CCC(=O)N1. The number of nitrogens with zero attached hydrogens (tertiary/aromatic N) is 2. The number of amides is 1. The van der Waals surface area contributed by atoms with Gasteiger partial charge in [0.15, 0.2) is 0 Å². The van der Waals surface area contributed by atoms with E-state index in [1.165, 1.54) is 0 Å². The molecule has 3 N–H and O–H groups in total. The Bertz CT molecular complexity index is 558. The maximum Gasteiger partial charge on any atom is 0.228 e. The van der Waals surface area contributed by atoms with Gasteiger partial charge in [0, 0.05) is 18.7 Å². The number of rotatable bonds is 0. The number of imidazole rings is 1. The zero-order valence-electron chi connectivity index (χ0n) is 8.03. The standard InChI is InChI=1S/C10H10N4O/c11-6-1-2-8-7(5-6)12-10-13-9(15)3-4-14(8)10/h1-2,5H,3-4,11H2,(H,12,13,15). The van der Waals surface area contributed by atoms with Crippen LogP contribution >= 0.6 is 0 Å². The summed E-state index contributed by atoms with van der Waals surface area (Å²) in [6, 6.07) is 5.58. The van der Waals surface area contributed by atoms with Crippen molar-refractivity contribution < 1.29 is 4.79 Å². The molecule has 1 aromatic carbocycles. The number of benzene rings is 1. The van der Waals surface area contributed by atoms with Crippen LogP contribution in [-0.2, 0) is 11.3 Å². The molecule has 5 nitrogen and oxygen atoms in total. The van der Waals surface area contributed by atoms with Crippen molar-refractivity contribution in [1.82, 2.24) is 9.55 Å².